The smallest absolute Gasteiger partial charge is 0.336 e. The van der Waals surface area contributed by atoms with E-state index in [1.165, 1.54) is 18.2 Å². The molecule has 0 bridgehead atoms. The van der Waals surface area contributed by atoms with Crippen molar-refractivity contribution in [2.24, 2.45) is 5.92 Å². The Morgan fingerprint density at radius 3 is 2.90 bits per heavy atom. The number of aromatic carboxylic acids is 1. The summed E-state index contributed by atoms with van der Waals surface area (Å²) < 4.78 is 13.3. The van der Waals surface area contributed by atoms with Crippen LogP contribution in [0.1, 0.15) is 22.3 Å². The highest BCUT2D eigenvalue weighted by Gasteiger charge is 2.21. The molecule has 1 aliphatic heterocycles. The Kier molecular flexibility index (Phi) is 4.73. The van der Waals surface area contributed by atoms with Crippen LogP contribution in [0.3, 0.4) is 0 Å². The fourth-order valence-corrected chi connectivity index (χ4v) is 2.87. The van der Waals surface area contributed by atoms with Gasteiger partial charge in [0.1, 0.15) is 5.82 Å². The van der Waals surface area contributed by atoms with Gasteiger partial charge in [-0.2, -0.15) is 0 Å². The van der Waals surface area contributed by atoms with E-state index in [0.29, 0.717) is 18.0 Å². The molecule has 1 unspecified atom stereocenters. The molecule has 20 heavy (non-hydrogen) atoms. The quantitative estimate of drug-likeness (QED) is 0.895. The molecule has 5 heteroatoms. The first-order chi connectivity index (χ1) is 9.45. The third-order valence-electron chi connectivity index (χ3n) is 3.80. The van der Waals surface area contributed by atoms with Crippen LogP contribution in [-0.2, 0) is 6.54 Å². The Balaban J connectivity index is 2.01. The highest BCUT2D eigenvalue weighted by molar-refractivity contribution is 5.89. The molecule has 2 rings (SSSR count). The molecule has 1 heterocycles. The monoisotopic (exact) mass is 280 g/mol. The SMILES string of the molecule is CN1CCC(CN(C)Cc2cc(F)ccc2C(=O)O)C1. The minimum absolute atomic E-state index is 0.182. The number of benzene rings is 1. The largest absolute Gasteiger partial charge is 0.478 e. The van der Waals surface area contributed by atoms with Gasteiger partial charge >= 0.3 is 5.97 Å². The third-order valence-corrected chi connectivity index (χ3v) is 3.80. The lowest BCUT2D eigenvalue weighted by atomic mass is 10.1. The second-order valence-corrected chi connectivity index (χ2v) is 5.72. The molecule has 0 radical (unpaired) electrons. The van der Waals surface area contributed by atoms with Crippen molar-refractivity contribution in [2.45, 2.75) is 13.0 Å². The van der Waals surface area contributed by atoms with Crippen LogP contribution in [0, 0.1) is 11.7 Å². The molecule has 1 aliphatic rings. The van der Waals surface area contributed by atoms with Gasteiger partial charge in [-0.05, 0) is 56.7 Å². The topological polar surface area (TPSA) is 43.8 Å². The lowest BCUT2D eigenvalue weighted by Gasteiger charge is -2.21. The summed E-state index contributed by atoms with van der Waals surface area (Å²) in [4.78, 5) is 15.5. The van der Waals surface area contributed by atoms with Gasteiger partial charge in [0.2, 0.25) is 0 Å². The van der Waals surface area contributed by atoms with Crippen LogP contribution >= 0.6 is 0 Å². The number of hydrogen-bond acceptors (Lipinski definition) is 3. The maximum absolute atomic E-state index is 13.3. The van der Waals surface area contributed by atoms with Gasteiger partial charge in [0.05, 0.1) is 5.56 Å². The molecule has 1 aromatic rings. The van der Waals surface area contributed by atoms with Gasteiger partial charge in [-0.3, -0.25) is 0 Å². The molecule has 0 amide bonds. The molecule has 1 atom stereocenters. The third kappa shape index (κ3) is 3.77. The van der Waals surface area contributed by atoms with E-state index in [-0.39, 0.29) is 11.4 Å². The number of carbonyl (C=O) groups is 1. The van der Waals surface area contributed by atoms with E-state index >= 15 is 0 Å². The van der Waals surface area contributed by atoms with Crippen LogP contribution in [-0.4, -0.2) is 54.6 Å². The van der Waals surface area contributed by atoms with Crippen molar-refractivity contribution in [3.8, 4) is 0 Å². The molecular formula is C15H21FN2O2. The van der Waals surface area contributed by atoms with Gasteiger partial charge in [-0.25, -0.2) is 9.18 Å². The second-order valence-electron chi connectivity index (χ2n) is 5.72. The fraction of sp³-hybridized carbons (Fsp3) is 0.533. The molecule has 1 fully saturated rings. The lowest BCUT2D eigenvalue weighted by molar-refractivity contribution is 0.0694. The summed E-state index contributed by atoms with van der Waals surface area (Å²) in [7, 11) is 4.06. The predicted molar refractivity (Wildman–Crippen MR) is 75.3 cm³/mol. The Labute approximate surface area is 118 Å². The minimum atomic E-state index is -1.01. The van der Waals surface area contributed by atoms with Crippen LogP contribution in [0.15, 0.2) is 18.2 Å². The standard InChI is InChI=1S/C15H21FN2O2/c1-17-6-5-11(8-17)9-18(2)10-12-7-13(16)3-4-14(12)15(19)20/h3-4,7,11H,5-6,8-10H2,1-2H3,(H,19,20). The van der Waals surface area contributed by atoms with Crippen molar-refractivity contribution in [3.05, 3.63) is 35.1 Å². The summed E-state index contributed by atoms with van der Waals surface area (Å²) in [5.74, 6) is -0.792. The number of likely N-dealkylation sites (tertiary alicyclic amines) is 1. The van der Waals surface area contributed by atoms with Crippen molar-refractivity contribution in [2.75, 3.05) is 33.7 Å². The summed E-state index contributed by atoms with van der Waals surface area (Å²) >= 11 is 0. The van der Waals surface area contributed by atoms with Crippen molar-refractivity contribution in [1.29, 1.82) is 0 Å². The highest BCUT2D eigenvalue weighted by Crippen LogP contribution is 2.18. The van der Waals surface area contributed by atoms with Crippen LogP contribution < -0.4 is 0 Å². The minimum Gasteiger partial charge on any atom is -0.478 e. The van der Waals surface area contributed by atoms with Crippen LogP contribution in [0.25, 0.3) is 0 Å². The normalized spacial score (nSPS) is 19.7. The molecule has 0 aromatic heterocycles. The summed E-state index contributed by atoms with van der Waals surface area (Å²) in [5, 5.41) is 9.14. The summed E-state index contributed by atoms with van der Waals surface area (Å²) in [6.45, 7) is 3.54. The van der Waals surface area contributed by atoms with Gasteiger partial charge in [0.25, 0.3) is 0 Å². The molecular weight excluding hydrogens is 259 g/mol. The molecule has 1 N–H and O–H groups in total. The van der Waals surface area contributed by atoms with E-state index in [1.54, 1.807) is 0 Å². The predicted octanol–water partition coefficient (Wildman–Crippen LogP) is 1.91. The summed E-state index contributed by atoms with van der Waals surface area (Å²) in [6.07, 6.45) is 1.16. The zero-order valence-corrected chi connectivity index (χ0v) is 12.0. The highest BCUT2D eigenvalue weighted by atomic mass is 19.1. The van der Waals surface area contributed by atoms with E-state index in [0.717, 1.165) is 26.1 Å². The van der Waals surface area contributed by atoms with Crippen molar-refractivity contribution in [1.82, 2.24) is 9.80 Å². The number of rotatable bonds is 5. The van der Waals surface area contributed by atoms with Gasteiger partial charge in [-0.1, -0.05) is 0 Å². The number of carboxylic acid groups (broad SMARTS) is 1. The van der Waals surface area contributed by atoms with E-state index < -0.39 is 5.97 Å². The molecule has 1 saturated heterocycles. The van der Waals surface area contributed by atoms with Gasteiger partial charge in [-0.15, -0.1) is 0 Å². The Morgan fingerprint density at radius 1 is 1.55 bits per heavy atom. The van der Waals surface area contributed by atoms with Gasteiger partial charge in [0.15, 0.2) is 0 Å². The Hall–Kier alpha value is -1.46. The maximum atomic E-state index is 13.3. The molecule has 1 aromatic carbocycles. The van der Waals surface area contributed by atoms with Crippen molar-refractivity contribution < 1.29 is 14.3 Å². The summed E-state index contributed by atoms with van der Waals surface area (Å²) in [5.41, 5.74) is 0.716. The fourth-order valence-electron chi connectivity index (χ4n) is 2.87. The zero-order valence-electron chi connectivity index (χ0n) is 12.0. The van der Waals surface area contributed by atoms with Crippen molar-refractivity contribution >= 4 is 5.97 Å². The average molecular weight is 280 g/mol. The number of carboxylic acids is 1. The van der Waals surface area contributed by atoms with E-state index in [1.807, 2.05) is 7.05 Å². The molecule has 0 aliphatic carbocycles. The average Bonchev–Trinajstić information content (AvgIpc) is 2.74. The van der Waals surface area contributed by atoms with Gasteiger partial charge < -0.3 is 14.9 Å². The molecule has 0 spiro atoms. The number of halogens is 1. The maximum Gasteiger partial charge on any atom is 0.336 e. The van der Waals surface area contributed by atoms with Gasteiger partial charge in [0, 0.05) is 19.6 Å². The zero-order chi connectivity index (χ0) is 14.7. The Bertz CT molecular complexity index is 493. The Morgan fingerprint density at radius 2 is 2.30 bits per heavy atom. The second kappa shape index (κ2) is 6.33. The van der Waals surface area contributed by atoms with E-state index in [2.05, 4.69) is 16.8 Å². The molecule has 4 nitrogen and oxygen atoms in total. The van der Waals surface area contributed by atoms with E-state index in [4.69, 9.17) is 5.11 Å². The lowest BCUT2D eigenvalue weighted by Crippen LogP contribution is -2.27. The van der Waals surface area contributed by atoms with Crippen LogP contribution in [0.2, 0.25) is 0 Å². The first-order valence-corrected chi connectivity index (χ1v) is 6.84. The first-order valence-electron chi connectivity index (χ1n) is 6.84. The number of hydrogen-bond donors (Lipinski definition) is 1. The van der Waals surface area contributed by atoms with Crippen molar-refractivity contribution in [3.63, 3.8) is 0 Å². The molecule has 0 saturated carbocycles. The van der Waals surface area contributed by atoms with E-state index in [9.17, 15) is 9.18 Å². The number of nitrogens with zero attached hydrogens (tertiary/aromatic N) is 2. The van der Waals surface area contributed by atoms with Crippen LogP contribution in [0.4, 0.5) is 4.39 Å². The van der Waals surface area contributed by atoms with Crippen LogP contribution in [0.5, 0.6) is 0 Å². The first kappa shape index (κ1) is 14.9. The molecule has 110 valence electrons. The summed E-state index contributed by atoms with van der Waals surface area (Å²) in [6, 6.07) is 3.85.